The molecule has 0 atom stereocenters. The Hall–Kier alpha value is -1.58. The number of hydrogen-bond acceptors (Lipinski definition) is 4. The van der Waals surface area contributed by atoms with Crippen LogP contribution in [0.1, 0.15) is 6.92 Å². The second-order valence-electron chi connectivity index (χ2n) is 2.40. The molecular weight excluding hydrogens is 170 g/mol. The summed E-state index contributed by atoms with van der Waals surface area (Å²) in [5.41, 5.74) is 5.62. The van der Waals surface area contributed by atoms with E-state index in [2.05, 4.69) is 6.58 Å². The lowest BCUT2D eigenvalue weighted by Crippen LogP contribution is -2.00. The van der Waals surface area contributed by atoms with Crippen molar-refractivity contribution in [2.45, 2.75) is 6.92 Å². The summed E-state index contributed by atoms with van der Waals surface area (Å²) in [6.07, 6.45) is 1.41. The summed E-state index contributed by atoms with van der Waals surface area (Å²) in [5.74, 6) is 0.498. The number of aliphatic hydroxyl groups excluding tert-OH is 1. The molecule has 3 N–H and O–H groups in total. The third-order valence-corrected chi connectivity index (χ3v) is 1.41. The molecular formula is C9H15NO3. The van der Waals surface area contributed by atoms with Gasteiger partial charge in [0.25, 0.3) is 0 Å². The normalized spacial score (nSPS) is 13.3. The Morgan fingerprint density at radius 2 is 1.92 bits per heavy atom. The largest absolute Gasteiger partial charge is 0.502 e. The van der Waals surface area contributed by atoms with Crippen LogP contribution in [0, 0.1) is 0 Å². The summed E-state index contributed by atoms with van der Waals surface area (Å²) in [4.78, 5) is 0. The van der Waals surface area contributed by atoms with Gasteiger partial charge >= 0.3 is 0 Å². The zero-order valence-corrected chi connectivity index (χ0v) is 8.13. The highest BCUT2D eigenvalue weighted by atomic mass is 16.5. The van der Waals surface area contributed by atoms with E-state index >= 15 is 0 Å². The molecule has 74 valence electrons. The molecule has 0 aromatic heterocycles. The lowest BCUT2D eigenvalue weighted by molar-refractivity contribution is 0.217. The van der Waals surface area contributed by atoms with E-state index < -0.39 is 0 Å². The Morgan fingerprint density at radius 1 is 1.38 bits per heavy atom. The predicted octanol–water partition coefficient (Wildman–Crippen LogP) is 1.43. The molecule has 0 fully saturated rings. The third-order valence-electron chi connectivity index (χ3n) is 1.41. The maximum Gasteiger partial charge on any atom is 0.196 e. The molecule has 0 bridgehead atoms. The van der Waals surface area contributed by atoms with E-state index in [4.69, 9.17) is 15.2 Å². The quantitative estimate of drug-likeness (QED) is 0.513. The van der Waals surface area contributed by atoms with Crippen molar-refractivity contribution >= 4 is 0 Å². The van der Waals surface area contributed by atoms with Crippen LogP contribution in [-0.2, 0) is 9.47 Å². The average molecular weight is 185 g/mol. The van der Waals surface area contributed by atoms with Crippen molar-refractivity contribution < 1.29 is 14.6 Å². The summed E-state index contributed by atoms with van der Waals surface area (Å²) < 4.78 is 9.69. The minimum Gasteiger partial charge on any atom is -0.502 e. The lowest BCUT2D eigenvalue weighted by atomic mass is 10.3. The Balaban J connectivity index is 4.89. The summed E-state index contributed by atoms with van der Waals surface area (Å²) in [7, 11) is 2.88. The van der Waals surface area contributed by atoms with Gasteiger partial charge in [-0.15, -0.1) is 0 Å². The van der Waals surface area contributed by atoms with Crippen LogP contribution < -0.4 is 5.73 Å². The van der Waals surface area contributed by atoms with Crippen molar-refractivity contribution in [2.24, 2.45) is 5.73 Å². The Labute approximate surface area is 78.0 Å². The molecule has 0 saturated carbocycles. The van der Waals surface area contributed by atoms with Crippen LogP contribution in [0.4, 0.5) is 0 Å². The molecule has 0 unspecified atom stereocenters. The van der Waals surface area contributed by atoms with Gasteiger partial charge in [0.2, 0.25) is 0 Å². The van der Waals surface area contributed by atoms with Crippen molar-refractivity contribution in [3.8, 4) is 0 Å². The summed E-state index contributed by atoms with van der Waals surface area (Å²) in [6.45, 7) is 5.07. The zero-order valence-electron chi connectivity index (χ0n) is 8.13. The van der Waals surface area contributed by atoms with Crippen LogP contribution in [0.5, 0.6) is 0 Å². The van der Waals surface area contributed by atoms with Gasteiger partial charge < -0.3 is 20.3 Å². The first-order chi connectivity index (χ1) is 6.02. The molecule has 0 rings (SSSR count). The molecule has 4 nitrogen and oxygen atoms in total. The van der Waals surface area contributed by atoms with E-state index in [-0.39, 0.29) is 11.5 Å². The Morgan fingerprint density at radius 3 is 2.23 bits per heavy atom. The van der Waals surface area contributed by atoms with Crippen molar-refractivity contribution in [1.29, 1.82) is 0 Å². The van der Waals surface area contributed by atoms with Crippen LogP contribution in [0.2, 0.25) is 0 Å². The maximum absolute atomic E-state index is 9.49. The molecule has 0 aromatic carbocycles. The SMILES string of the molecule is C=C(N)/C=C(OC)\C(O)=C(/C)OC. The first-order valence-electron chi connectivity index (χ1n) is 3.67. The molecule has 0 aliphatic carbocycles. The number of ether oxygens (including phenoxy) is 2. The first kappa shape index (κ1) is 11.4. The zero-order chi connectivity index (χ0) is 10.4. The van der Waals surface area contributed by atoms with E-state index in [0.717, 1.165) is 0 Å². The minimum absolute atomic E-state index is 0.0865. The number of methoxy groups -OCH3 is 2. The van der Waals surface area contributed by atoms with Gasteiger partial charge in [-0.25, -0.2) is 0 Å². The average Bonchev–Trinajstić information content (AvgIpc) is 2.11. The highest BCUT2D eigenvalue weighted by Crippen LogP contribution is 2.13. The van der Waals surface area contributed by atoms with Gasteiger partial charge in [0, 0.05) is 11.8 Å². The standard InChI is InChI=1S/C9H15NO3/c1-6(10)5-8(13-4)9(11)7(2)12-3/h5,11H,1,10H2,2-4H3/b8-5+,9-7-. The van der Waals surface area contributed by atoms with Gasteiger partial charge in [0.05, 0.1) is 14.2 Å². The topological polar surface area (TPSA) is 64.7 Å². The number of nitrogens with two attached hydrogens (primary N) is 1. The van der Waals surface area contributed by atoms with E-state index in [1.165, 1.54) is 20.3 Å². The van der Waals surface area contributed by atoms with Gasteiger partial charge in [-0.1, -0.05) is 6.58 Å². The van der Waals surface area contributed by atoms with Gasteiger partial charge in [-0.3, -0.25) is 0 Å². The van der Waals surface area contributed by atoms with Crippen LogP contribution in [0.3, 0.4) is 0 Å². The molecule has 0 heterocycles. The molecule has 0 aliphatic rings. The summed E-state index contributed by atoms with van der Waals surface area (Å²) in [5, 5.41) is 9.49. The summed E-state index contributed by atoms with van der Waals surface area (Å²) >= 11 is 0. The number of rotatable bonds is 4. The number of aliphatic hydroxyl groups is 1. The molecule has 0 radical (unpaired) electrons. The monoisotopic (exact) mass is 185 g/mol. The molecule has 13 heavy (non-hydrogen) atoms. The second kappa shape index (κ2) is 5.13. The van der Waals surface area contributed by atoms with Crippen molar-refractivity contribution in [1.82, 2.24) is 0 Å². The van der Waals surface area contributed by atoms with E-state index in [0.29, 0.717) is 11.5 Å². The summed E-state index contributed by atoms with van der Waals surface area (Å²) in [6, 6.07) is 0. The fourth-order valence-corrected chi connectivity index (χ4v) is 0.663. The number of allylic oxidation sites excluding steroid dienone is 2. The lowest BCUT2D eigenvalue weighted by Gasteiger charge is -2.08. The van der Waals surface area contributed by atoms with Gasteiger partial charge in [-0.05, 0) is 6.92 Å². The number of hydrogen-bond donors (Lipinski definition) is 2. The van der Waals surface area contributed by atoms with E-state index in [9.17, 15) is 5.11 Å². The third kappa shape index (κ3) is 3.55. The van der Waals surface area contributed by atoms with E-state index in [1.54, 1.807) is 6.92 Å². The highest BCUT2D eigenvalue weighted by Gasteiger charge is 2.07. The fraction of sp³-hybridized carbons (Fsp3) is 0.333. The van der Waals surface area contributed by atoms with Gasteiger partial charge in [0.15, 0.2) is 11.5 Å². The minimum atomic E-state index is -0.0865. The van der Waals surface area contributed by atoms with Gasteiger partial charge in [0.1, 0.15) is 5.76 Å². The molecule has 4 heteroatoms. The molecule has 0 aromatic rings. The predicted molar refractivity (Wildman–Crippen MR) is 50.8 cm³/mol. The van der Waals surface area contributed by atoms with Crippen molar-refractivity contribution in [3.63, 3.8) is 0 Å². The molecule has 0 spiro atoms. The Kier molecular flexibility index (Phi) is 4.51. The Bertz CT molecular complexity index is 254. The van der Waals surface area contributed by atoms with Crippen LogP contribution in [0.15, 0.2) is 35.6 Å². The van der Waals surface area contributed by atoms with Crippen molar-refractivity contribution in [3.05, 3.63) is 35.6 Å². The first-order valence-corrected chi connectivity index (χ1v) is 3.67. The van der Waals surface area contributed by atoms with Crippen LogP contribution in [0.25, 0.3) is 0 Å². The molecule has 0 aliphatic heterocycles. The van der Waals surface area contributed by atoms with Crippen LogP contribution in [-0.4, -0.2) is 19.3 Å². The second-order valence-corrected chi connectivity index (χ2v) is 2.40. The molecule has 0 amide bonds. The van der Waals surface area contributed by atoms with Crippen LogP contribution >= 0.6 is 0 Å². The van der Waals surface area contributed by atoms with E-state index in [1.807, 2.05) is 0 Å². The molecule has 0 saturated heterocycles. The van der Waals surface area contributed by atoms with Crippen molar-refractivity contribution in [2.75, 3.05) is 14.2 Å². The maximum atomic E-state index is 9.49. The van der Waals surface area contributed by atoms with Gasteiger partial charge in [-0.2, -0.15) is 0 Å². The smallest absolute Gasteiger partial charge is 0.196 e. The fourth-order valence-electron chi connectivity index (χ4n) is 0.663. The highest BCUT2D eigenvalue weighted by molar-refractivity contribution is 5.27.